The Morgan fingerprint density at radius 3 is 2.93 bits per heavy atom. The maximum Gasteiger partial charge on any atom is 0.356 e. The van der Waals surface area contributed by atoms with E-state index in [1.807, 2.05) is 0 Å². The van der Waals surface area contributed by atoms with Crippen molar-refractivity contribution in [2.24, 2.45) is 0 Å². The number of rotatable bonds is 4. The minimum absolute atomic E-state index is 0.0145. The highest BCUT2D eigenvalue weighted by Gasteiger charge is 2.24. The Morgan fingerprint density at radius 2 is 2.40 bits per heavy atom. The highest BCUT2D eigenvalue weighted by Crippen LogP contribution is 2.28. The minimum Gasteiger partial charge on any atom is -0.489 e. The van der Waals surface area contributed by atoms with E-state index in [-0.39, 0.29) is 11.8 Å². The van der Waals surface area contributed by atoms with Gasteiger partial charge in [-0.2, -0.15) is 0 Å². The molecule has 1 aliphatic carbocycles. The second kappa shape index (κ2) is 3.76. The van der Waals surface area contributed by atoms with E-state index in [4.69, 9.17) is 9.84 Å². The van der Waals surface area contributed by atoms with Gasteiger partial charge in [0.2, 0.25) is 0 Å². The van der Waals surface area contributed by atoms with E-state index in [9.17, 15) is 4.79 Å². The summed E-state index contributed by atoms with van der Waals surface area (Å²) in [4.78, 5) is 14.6. The Hall–Kier alpha value is -1.78. The third-order valence-electron chi connectivity index (χ3n) is 2.16. The van der Waals surface area contributed by atoms with Gasteiger partial charge in [-0.05, 0) is 12.8 Å². The summed E-state index contributed by atoms with van der Waals surface area (Å²) in [7, 11) is 1.66. The Labute approximate surface area is 87.1 Å². The van der Waals surface area contributed by atoms with E-state index >= 15 is 0 Å². The van der Waals surface area contributed by atoms with Gasteiger partial charge in [-0.25, -0.2) is 9.78 Å². The van der Waals surface area contributed by atoms with Crippen molar-refractivity contribution in [3.63, 3.8) is 0 Å². The average molecular weight is 208 g/mol. The van der Waals surface area contributed by atoms with Crippen LogP contribution in [0.3, 0.4) is 0 Å². The highest BCUT2D eigenvalue weighted by molar-refractivity contribution is 5.92. The van der Waals surface area contributed by atoms with Gasteiger partial charge >= 0.3 is 5.97 Å². The zero-order valence-corrected chi connectivity index (χ0v) is 8.36. The van der Waals surface area contributed by atoms with Crippen LogP contribution in [-0.2, 0) is 0 Å². The van der Waals surface area contributed by atoms with E-state index in [1.54, 1.807) is 13.1 Å². The predicted molar refractivity (Wildman–Crippen MR) is 54.4 cm³/mol. The van der Waals surface area contributed by atoms with Gasteiger partial charge in [0.25, 0.3) is 0 Å². The monoisotopic (exact) mass is 208 g/mol. The number of aromatic nitrogens is 1. The van der Waals surface area contributed by atoms with Crippen LogP contribution in [-0.4, -0.2) is 29.2 Å². The van der Waals surface area contributed by atoms with Crippen molar-refractivity contribution < 1.29 is 14.6 Å². The molecule has 0 aromatic carbocycles. The Balaban J connectivity index is 2.24. The molecule has 0 bridgehead atoms. The van der Waals surface area contributed by atoms with Crippen molar-refractivity contribution in [3.05, 3.63) is 18.0 Å². The van der Waals surface area contributed by atoms with E-state index < -0.39 is 5.97 Å². The van der Waals surface area contributed by atoms with Gasteiger partial charge in [-0.15, -0.1) is 0 Å². The summed E-state index contributed by atoms with van der Waals surface area (Å²) in [5, 5.41) is 11.6. The number of nitrogens with zero attached hydrogens (tertiary/aromatic N) is 1. The molecule has 15 heavy (non-hydrogen) atoms. The van der Waals surface area contributed by atoms with E-state index in [2.05, 4.69) is 10.3 Å². The first-order valence-corrected chi connectivity index (χ1v) is 4.78. The quantitative estimate of drug-likeness (QED) is 0.781. The first kappa shape index (κ1) is 9.76. The third kappa shape index (κ3) is 2.18. The summed E-state index contributed by atoms with van der Waals surface area (Å²) in [6.45, 7) is 0. The standard InChI is InChI=1S/C10H12N2O3/c1-11-8-4-7(15-6-2-3-6)5-12-9(8)10(13)14/h4-6,11H,2-3H2,1H3,(H,13,14). The normalized spacial score (nSPS) is 14.7. The van der Waals surface area contributed by atoms with Crippen LogP contribution in [0.4, 0.5) is 5.69 Å². The number of nitrogens with one attached hydrogen (secondary N) is 1. The van der Waals surface area contributed by atoms with E-state index in [0.717, 1.165) is 12.8 Å². The first-order chi connectivity index (χ1) is 7.20. The zero-order valence-electron chi connectivity index (χ0n) is 8.36. The lowest BCUT2D eigenvalue weighted by molar-refractivity contribution is 0.0691. The molecule has 80 valence electrons. The van der Waals surface area contributed by atoms with Crippen LogP contribution in [0.5, 0.6) is 5.75 Å². The van der Waals surface area contributed by atoms with Gasteiger partial charge in [0.1, 0.15) is 5.75 Å². The second-order valence-corrected chi connectivity index (χ2v) is 3.44. The number of carboxylic acid groups (broad SMARTS) is 1. The van der Waals surface area contributed by atoms with Gasteiger partial charge in [-0.3, -0.25) is 0 Å². The van der Waals surface area contributed by atoms with Crippen molar-refractivity contribution in [2.45, 2.75) is 18.9 Å². The molecule has 1 saturated carbocycles. The molecule has 0 aliphatic heterocycles. The number of carboxylic acids is 1. The molecule has 1 aromatic rings. The number of carbonyl (C=O) groups is 1. The molecule has 1 aromatic heterocycles. The van der Waals surface area contributed by atoms with Crippen molar-refractivity contribution in [1.82, 2.24) is 4.98 Å². The molecule has 0 spiro atoms. The van der Waals surface area contributed by atoms with Gasteiger partial charge in [0.05, 0.1) is 18.0 Å². The topological polar surface area (TPSA) is 71.5 Å². The number of anilines is 1. The van der Waals surface area contributed by atoms with Gasteiger partial charge < -0.3 is 15.2 Å². The van der Waals surface area contributed by atoms with Crippen molar-refractivity contribution in [1.29, 1.82) is 0 Å². The van der Waals surface area contributed by atoms with Crippen molar-refractivity contribution >= 4 is 11.7 Å². The summed E-state index contributed by atoms with van der Waals surface area (Å²) < 4.78 is 5.51. The molecule has 0 saturated heterocycles. The third-order valence-corrected chi connectivity index (χ3v) is 2.16. The van der Waals surface area contributed by atoms with E-state index in [1.165, 1.54) is 6.20 Å². The molecule has 2 rings (SSSR count). The molecule has 5 nitrogen and oxygen atoms in total. The molecule has 0 unspecified atom stereocenters. The lowest BCUT2D eigenvalue weighted by atomic mass is 10.3. The highest BCUT2D eigenvalue weighted by atomic mass is 16.5. The molecule has 1 fully saturated rings. The fourth-order valence-electron chi connectivity index (χ4n) is 1.25. The molecule has 1 heterocycles. The first-order valence-electron chi connectivity index (χ1n) is 4.78. The van der Waals surface area contributed by atoms with E-state index in [0.29, 0.717) is 11.4 Å². The molecule has 0 atom stereocenters. The molecule has 0 amide bonds. The Kier molecular flexibility index (Phi) is 2.45. The SMILES string of the molecule is CNc1cc(OC2CC2)cnc1C(=O)O. The van der Waals surface area contributed by atoms with Crippen LogP contribution >= 0.6 is 0 Å². The summed E-state index contributed by atoms with van der Waals surface area (Å²) in [6, 6.07) is 1.66. The summed E-state index contributed by atoms with van der Waals surface area (Å²) in [6.07, 6.45) is 3.86. The summed E-state index contributed by atoms with van der Waals surface area (Å²) in [5.41, 5.74) is 0.487. The number of ether oxygens (including phenoxy) is 1. The maximum atomic E-state index is 10.8. The Bertz CT molecular complexity index is 388. The van der Waals surface area contributed by atoms with Crippen LogP contribution in [0.15, 0.2) is 12.3 Å². The van der Waals surface area contributed by atoms with Crippen LogP contribution in [0, 0.1) is 0 Å². The largest absolute Gasteiger partial charge is 0.489 e. The molecule has 1 aliphatic rings. The van der Waals surface area contributed by atoms with Crippen molar-refractivity contribution in [2.75, 3.05) is 12.4 Å². The molecule has 2 N–H and O–H groups in total. The second-order valence-electron chi connectivity index (χ2n) is 3.44. The van der Waals surface area contributed by atoms with Crippen molar-refractivity contribution in [3.8, 4) is 5.75 Å². The number of hydrogen-bond donors (Lipinski definition) is 2. The zero-order chi connectivity index (χ0) is 10.8. The number of aromatic carboxylic acids is 1. The van der Waals surface area contributed by atoms with Crippen LogP contribution in [0.1, 0.15) is 23.3 Å². The minimum atomic E-state index is -1.04. The number of pyridine rings is 1. The molecular formula is C10H12N2O3. The Morgan fingerprint density at radius 1 is 1.67 bits per heavy atom. The molecule has 5 heteroatoms. The lowest BCUT2D eigenvalue weighted by Crippen LogP contribution is -2.06. The van der Waals surface area contributed by atoms with Crippen LogP contribution < -0.4 is 10.1 Å². The summed E-state index contributed by atoms with van der Waals surface area (Å²) in [5.74, 6) is -0.427. The number of hydrogen-bond acceptors (Lipinski definition) is 4. The lowest BCUT2D eigenvalue weighted by Gasteiger charge is -2.08. The van der Waals surface area contributed by atoms with Crippen LogP contribution in [0.25, 0.3) is 0 Å². The average Bonchev–Trinajstić information content (AvgIpc) is 3.01. The van der Waals surface area contributed by atoms with Crippen LogP contribution in [0.2, 0.25) is 0 Å². The predicted octanol–water partition coefficient (Wildman–Crippen LogP) is 1.36. The van der Waals surface area contributed by atoms with Gasteiger partial charge in [0, 0.05) is 13.1 Å². The fraction of sp³-hybridized carbons (Fsp3) is 0.400. The van der Waals surface area contributed by atoms with Gasteiger partial charge in [-0.1, -0.05) is 0 Å². The maximum absolute atomic E-state index is 10.8. The fourth-order valence-corrected chi connectivity index (χ4v) is 1.25. The molecular weight excluding hydrogens is 196 g/mol. The summed E-state index contributed by atoms with van der Waals surface area (Å²) >= 11 is 0. The molecule has 0 radical (unpaired) electrons. The smallest absolute Gasteiger partial charge is 0.356 e. The van der Waals surface area contributed by atoms with Gasteiger partial charge in [0.15, 0.2) is 5.69 Å².